The van der Waals surface area contributed by atoms with E-state index >= 15 is 0 Å². The molecule has 5 unspecified atom stereocenters. The number of H-pyrrole nitrogens is 1. The first-order chi connectivity index (χ1) is 12.0. The van der Waals surface area contributed by atoms with Gasteiger partial charge in [0.15, 0.2) is 6.23 Å². The molecule has 8 N–H and O–H groups in total. The molecule has 1 aliphatic heterocycles. The molecule has 2 rings (SSSR count). The SMILES string of the molecule is CNC(N)NCCCNC1C(O)C(CO)OC1n1ccc(=O)[nH]c1=O. The topological polar surface area (TPSA) is 167 Å². The number of ether oxygens (including phenoxy) is 1. The predicted molar refractivity (Wildman–Crippen MR) is 89.8 cm³/mol. The highest BCUT2D eigenvalue weighted by Crippen LogP contribution is 2.28. The van der Waals surface area contributed by atoms with Gasteiger partial charge in [0.25, 0.3) is 5.56 Å². The number of aromatic nitrogens is 2. The standard InChI is InChI=1S/C14H26N6O5/c1-16-13(15)18-5-2-4-17-10-11(23)8(7-21)25-12(10)20-6-3-9(22)19-14(20)24/h3,6,8,10-13,16-18,21,23H,2,4-5,7,15H2,1H3,(H,19,22,24). The summed E-state index contributed by atoms with van der Waals surface area (Å²) in [5, 5.41) is 28.7. The maximum absolute atomic E-state index is 12.0. The van der Waals surface area contributed by atoms with Crippen molar-refractivity contribution in [3.63, 3.8) is 0 Å². The van der Waals surface area contributed by atoms with Crippen LogP contribution < -0.4 is 32.9 Å². The van der Waals surface area contributed by atoms with E-state index in [4.69, 9.17) is 10.5 Å². The molecule has 0 aromatic carbocycles. The Kier molecular flexibility index (Phi) is 7.25. The number of aliphatic hydroxyl groups excluding tert-OH is 2. The van der Waals surface area contributed by atoms with Gasteiger partial charge >= 0.3 is 5.69 Å². The molecule has 11 heteroatoms. The maximum Gasteiger partial charge on any atom is 0.330 e. The van der Waals surface area contributed by atoms with Crippen molar-refractivity contribution in [1.82, 2.24) is 25.5 Å². The molecule has 0 spiro atoms. The molecule has 5 atom stereocenters. The lowest BCUT2D eigenvalue weighted by Gasteiger charge is -2.23. The van der Waals surface area contributed by atoms with E-state index in [0.717, 1.165) is 6.42 Å². The fourth-order valence-electron chi connectivity index (χ4n) is 2.70. The molecule has 0 amide bonds. The van der Waals surface area contributed by atoms with Crippen LogP contribution in [0.25, 0.3) is 0 Å². The quantitative estimate of drug-likeness (QED) is 0.173. The van der Waals surface area contributed by atoms with Crippen molar-refractivity contribution in [3.05, 3.63) is 33.1 Å². The lowest BCUT2D eigenvalue weighted by molar-refractivity contribution is -0.0469. The molecule has 1 saturated heterocycles. The highest BCUT2D eigenvalue weighted by molar-refractivity contribution is 4.96. The van der Waals surface area contributed by atoms with Crippen molar-refractivity contribution in [2.75, 3.05) is 26.7 Å². The highest BCUT2D eigenvalue weighted by Gasteiger charge is 2.44. The third-order valence-corrected chi connectivity index (χ3v) is 4.08. The molecule has 0 aliphatic carbocycles. The van der Waals surface area contributed by atoms with Crippen LogP contribution in [0, 0.1) is 0 Å². The van der Waals surface area contributed by atoms with Gasteiger partial charge in [-0.15, -0.1) is 0 Å². The first-order valence-corrected chi connectivity index (χ1v) is 8.13. The Morgan fingerprint density at radius 1 is 1.44 bits per heavy atom. The van der Waals surface area contributed by atoms with Crippen molar-refractivity contribution in [2.24, 2.45) is 5.73 Å². The third-order valence-electron chi connectivity index (χ3n) is 4.08. The minimum atomic E-state index is -0.999. The van der Waals surface area contributed by atoms with Gasteiger partial charge in [0, 0.05) is 12.3 Å². The van der Waals surface area contributed by atoms with Crippen LogP contribution in [0.2, 0.25) is 0 Å². The number of aliphatic hydroxyl groups is 2. The van der Waals surface area contributed by atoms with E-state index in [0.29, 0.717) is 13.1 Å². The molecule has 0 radical (unpaired) electrons. The lowest BCUT2D eigenvalue weighted by atomic mass is 10.1. The Hall–Kier alpha value is -1.60. The van der Waals surface area contributed by atoms with Crippen LogP contribution in [0.15, 0.2) is 21.9 Å². The van der Waals surface area contributed by atoms with Crippen molar-refractivity contribution < 1.29 is 14.9 Å². The molecule has 1 aromatic rings. The zero-order valence-corrected chi connectivity index (χ0v) is 14.0. The molecule has 25 heavy (non-hydrogen) atoms. The van der Waals surface area contributed by atoms with E-state index in [9.17, 15) is 19.8 Å². The summed E-state index contributed by atoms with van der Waals surface area (Å²) >= 11 is 0. The molecule has 11 nitrogen and oxygen atoms in total. The number of hydrogen-bond acceptors (Lipinski definition) is 9. The van der Waals surface area contributed by atoms with E-state index < -0.39 is 35.7 Å². The third kappa shape index (κ3) is 4.95. The van der Waals surface area contributed by atoms with E-state index in [1.165, 1.54) is 16.8 Å². The zero-order chi connectivity index (χ0) is 18.4. The summed E-state index contributed by atoms with van der Waals surface area (Å²) in [6, 6.07) is 0.586. The van der Waals surface area contributed by atoms with Crippen LogP contribution in [0.1, 0.15) is 12.6 Å². The fourth-order valence-corrected chi connectivity index (χ4v) is 2.70. The normalized spacial score (nSPS) is 27.5. The molecular formula is C14H26N6O5. The van der Waals surface area contributed by atoms with Gasteiger partial charge in [-0.1, -0.05) is 0 Å². The van der Waals surface area contributed by atoms with Gasteiger partial charge in [0.2, 0.25) is 0 Å². The van der Waals surface area contributed by atoms with Gasteiger partial charge in [-0.2, -0.15) is 0 Å². The Morgan fingerprint density at radius 3 is 2.84 bits per heavy atom. The summed E-state index contributed by atoms with van der Waals surface area (Å²) in [5.74, 6) is 0. The second-order valence-electron chi connectivity index (χ2n) is 5.81. The van der Waals surface area contributed by atoms with E-state index in [-0.39, 0.29) is 12.9 Å². The maximum atomic E-state index is 12.0. The van der Waals surface area contributed by atoms with Gasteiger partial charge in [-0.3, -0.25) is 25.0 Å². The van der Waals surface area contributed by atoms with Gasteiger partial charge in [-0.05, 0) is 26.6 Å². The number of aromatic amines is 1. The summed E-state index contributed by atoms with van der Waals surface area (Å²) in [4.78, 5) is 25.3. The van der Waals surface area contributed by atoms with Crippen LogP contribution in [-0.2, 0) is 4.74 Å². The summed E-state index contributed by atoms with van der Waals surface area (Å²) in [7, 11) is 1.74. The van der Waals surface area contributed by atoms with E-state index in [2.05, 4.69) is 20.9 Å². The van der Waals surface area contributed by atoms with Crippen molar-refractivity contribution in [3.8, 4) is 0 Å². The number of nitrogens with two attached hydrogens (primary N) is 1. The average Bonchev–Trinajstić information content (AvgIpc) is 2.90. The molecule has 1 aromatic heterocycles. The van der Waals surface area contributed by atoms with Crippen LogP contribution in [0.4, 0.5) is 0 Å². The Balaban J connectivity index is 2.01. The molecule has 2 heterocycles. The van der Waals surface area contributed by atoms with Crippen molar-refractivity contribution >= 4 is 0 Å². The smallest absolute Gasteiger partial charge is 0.330 e. The molecular weight excluding hydrogens is 332 g/mol. The highest BCUT2D eigenvalue weighted by atomic mass is 16.5. The molecule has 0 bridgehead atoms. The Labute approximate surface area is 144 Å². The predicted octanol–water partition coefficient (Wildman–Crippen LogP) is -3.81. The van der Waals surface area contributed by atoms with Crippen molar-refractivity contribution in [1.29, 1.82) is 0 Å². The Morgan fingerprint density at radius 2 is 2.20 bits per heavy atom. The summed E-state index contributed by atoms with van der Waals surface area (Å²) in [6.45, 7) is 0.791. The van der Waals surface area contributed by atoms with Gasteiger partial charge < -0.3 is 26.0 Å². The number of hydrogen-bond donors (Lipinski definition) is 7. The zero-order valence-electron chi connectivity index (χ0n) is 14.0. The van der Waals surface area contributed by atoms with Crippen molar-refractivity contribution in [2.45, 2.75) is 37.2 Å². The molecule has 1 fully saturated rings. The van der Waals surface area contributed by atoms with Crippen LogP contribution >= 0.6 is 0 Å². The molecule has 0 saturated carbocycles. The second-order valence-corrected chi connectivity index (χ2v) is 5.81. The van der Waals surface area contributed by atoms with Crippen LogP contribution in [-0.4, -0.2) is 71.0 Å². The number of nitrogens with zero attached hydrogens (tertiary/aromatic N) is 1. The minimum Gasteiger partial charge on any atom is -0.394 e. The van der Waals surface area contributed by atoms with Gasteiger partial charge in [0.1, 0.15) is 18.5 Å². The fraction of sp³-hybridized carbons (Fsp3) is 0.714. The second kappa shape index (κ2) is 9.20. The minimum absolute atomic E-state index is 0.299. The summed E-state index contributed by atoms with van der Waals surface area (Å²) in [6.07, 6.45) is -0.940. The van der Waals surface area contributed by atoms with Crippen LogP contribution in [0.3, 0.4) is 0 Å². The monoisotopic (exact) mass is 358 g/mol. The summed E-state index contributed by atoms with van der Waals surface area (Å²) < 4.78 is 6.78. The largest absolute Gasteiger partial charge is 0.394 e. The van der Waals surface area contributed by atoms with Gasteiger partial charge in [-0.25, -0.2) is 4.79 Å². The number of nitrogens with one attached hydrogen (secondary N) is 4. The average molecular weight is 358 g/mol. The number of rotatable bonds is 9. The first kappa shape index (κ1) is 19.7. The molecule has 142 valence electrons. The Bertz CT molecular complexity index is 649. The molecule has 1 aliphatic rings. The van der Waals surface area contributed by atoms with E-state index in [1.54, 1.807) is 7.05 Å². The lowest BCUT2D eigenvalue weighted by Crippen LogP contribution is -2.49. The summed E-state index contributed by atoms with van der Waals surface area (Å²) in [5.41, 5.74) is 4.50. The first-order valence-electron chi connectivity index (χ1n) is 8.13. The van der Waals surface area contributed by atoms with Crippen LogP contribution in [0.5, 0.6) is 0 Å². The van der Waals surface area contributed by atoms with Gasteiger partial charge in [0.05, 0.1) is 12.6 Å². The van der Waals surface area contributed by atoms with E-state index in [1.807, 2.05) is 0 Å².